The quantitative estimate of drug-likeness (QED) is 0.673. The largest absolute Gasteiger partial charge is 0.381 e. The van der Waals surface area contributed by atoms with Crippen LogP contribution in [0.2, 0.25) is 0 Å². The molecule has 0 fully saturated rings. The lowest BCUT2D eigenvalue weighted by molar-refractivity contribution is 0.599. The fourth-order valence-corrected chi connectivity index (χ4v) is 3.38. The minimum absolute atomic E-state index is 0.0272. The molecule has 4 nitrogen and oxygen atoms in total. The average molecular weight is 374 g/mol. The van der Waals surface area contributed by atoms with E-state index in [9.17, 15) is 17.2 Å². The standard InChI is InChI=1S/C19H16F2N2O2S/c20-15-5-11-18(12-6-15)26(24,25)23-17-9-7-16(8-10-17)22-13-14-3-1-2-4-19(14)21/h1-12,22-23H,13H2. The van der Waals surface area contributed by atoms with Crippen LogP contribution in [0.5, 0.6) is 0 Å². The highest BCUT2D eigenvalue weighted by atomic mass is 32.2. The van der Waals surface area contributed by atoms with E-state index in [0.29, 0.717) is 17.8 Å². The van der Waals surface area contributed by atoms with Gasteiger partial charge in [-0.25, -0.2) is 17.2 Å². The normalized spacial score (nSPS) is 11.2. The molecule has 3 aromatic carbocycles. The SMILES string of the molecule is O=S(=O)(Nc1ccc(NCc2ccccc2F)cc1)c1ccc(F)cc1. The first kappa shape index (κ1) is 17.9. The second-order valence-corrected chi connectivity index (χ2v) is 7.26. The molecule has 2 N–H and O–H groups in total. The number of rotatable bonds is 6. The van der Waals surface area contributed by atoms with Gasteiger partial charge in [-0.15, -0.1) is 0 Å². The van der Waals surface area contributed by atoms with Crippen molar-refractivity contribution in [1.82, 2.24) is 0 Å². The number of hydrogen-bond donors (Lipinski definition) is 2. The van der Waals surface area contributed by atoms with Gasteiger partial charge < -0.3 is 5.32 Å². The van der Waals surface area contributed by atoms with Gasteiger partial charge in [0.1, 0.15) is 11.6 Å². The van der Waals surface area contributed by atoms with Crippen molar-refractivity contribution in [3.63, 3.8) is 0 Å². The summed E-state index contributed by atoms with van der Waals surface area (Å²) in [4.78, 5) is -0.0272. The molecule has 0 atom stereocenters. The lowest BCUT2D eigenvalue weighted by atomic mass is 10.2. The molecule has 7 heteroatoms. The van der Waals surface area contributed by atoms with Crippen LogP contribution in [0.1, 0.15) is 5.56 Å². The number of hydrogen-bond acceptors (Lipinski definition) is 3. The molecule has 0 saturated carbocycles. The van der Waals surface area contributed by atoms with Crippen molar-refractivity contribution in [3.8, 4) is 0 Å². The monoisotopic (exact) mass is 374 g/mol. The molecule has 3 aromatic rings. The molecule has 0 heterocycles. The summed E-state index contributed by atoms with van der Waals surface area (Å²) in [5.41, 5.74) is 1.62. The van der Waals surface area contributed by atoms with Crippen molar-refractivity contribution in [2.75, 3.05) is 10.0 Å². The fraction of sp³-hybridized carbons (Fsp3) is 0.0526. The molecule has 0 amide bonds. The predicted molar refractivity (Wildman–Crippen MR) is 97.4 cm³/mol. The van der Waals surface area contributed by atoms with E-state index >= 15 is 0 Å². The summed E-state index contributed by atoms with van der Waals surface area (Å²) in [5, 5.41) is 3.07. The summed E-state index contributed by atoms with van der Waals surface area (Å²) in [6.45, 7) is 0.313. The van der Waals surface area contributed by atoms with E-state index in [1.807, 2.05) is 0 Å². The molecule has 0 aliphatic rings. The second-order valence-electron chi connectivity index (χ2n) is 5.58. The van der Waals surface area contributed by atoms with Crippen LogP contribution in [0, 0.1) is 11.6 Å². The summed E-state index contributed by atoms with van der Waals surface area (Å²) >= 11 is 0. The van der Waals surface area contributed by atoms with E-state index in [1.165, 1.54) is 18.2 Å². The zero-order valence-corrected chi connectivity index (χ0v) is 14.4. The number of nitrogens with one attached hydrogen (secondary N) is 2. The second kappa shape index (κ2) is 7.53. The Balaban J connectivity index is 1.66. The lowest BCUT2D eigenvalue weighted by Crippen LogP contribution is -2.12. The van der Waals surface area contributed by atoms with Gasteiger partial charge in [0, 0.05) is 23.5 Å². The maximum absolute atomic E-state index is 13.6. The highest BCUT2D eigenvalue weighted by Gasteiger charge is 2.14. The van der Waals surface area contributed by atoms with Gasteiger partial charge in [-0.3, -0.25) is 4.72 Å². The first-order valence-electron chi connectivity index (χ1n) is 7.80. The van der Waals surface area contributed by atoms with Gasteiger partial charge in [0.2, 0.25) is 0 Å². The van der Waals surface area contributed by atoms with Crippen molar-refractivity contribution in [1.29, 1.82) is 0 Å². The van der Waals surface area contributed by atoms with Crippen molar-refractivity contribution in [2.24, 2.45) is 0 Å². The molecule has 0 unspecified atom stereocenters. The van der Waals surface area contributed by atoms with Crippen LogP contribution in [0.4, 0.5) is 20.2 Å². The van der Waals surface area contributed by atoms with Gasteiger partial charge in [-0.2, -0.15) is 0 Å². The van der Waals surface area contributed by atoms with E-state index in [4.69, 9.17) is 0 Å². The Morgan fingerprint density at radius 2 is 1.38 bits per heavy atom. The third-order valence-electron chi connectivity index (χ3n) is 3.70. The van der Waals surface area contributed by atoms with Gasteiger partial charge in [0.05, 0.1) is 4.90 Å². The Bertz CT molecular complexity index is 989. The van der Waals surface area contributed by atoms with Gasteiger partial charge in [0.25, 0.3) is 10.0 Å². The van der Waals surface area contributed by atoms with Crippen molar-refractivity contribution >= 4 is 21.4 Å². The van der Waals surface area contributed by atoms with Crippen LogP contribution in [0.25, 0.3) is 0 Å². The van der Waals surface area contributed by atoms with Crippen LogP contribution in [-0.4, -0.2) is 8.42 Å². The predicted octanol–water partition coefficient (Wildman–Crippen LogP) is 4.38. The molecule has 26 heavy (non-hydrogen) atoms. The van der Waals surface area contributed by atoms with Crippen molar-refractivity contribution in [2.45, 2.75) is 11.4 Å². The van der Waals surface area contributed by atoms with E-state index in [0.717, 1.165) is 17.8 Å². The first-order chi connectivity index (χ1) is 12.4. The summed E-state index contributed by atoms with van der Waals surface area (Å²) in [6, 6.07) is 17.6. The van der Waals surface area contributed by atoms with E-state index in [1.54, 1.807) is 42.5 Å². The van der Waals surface area contributed by atoms with Crippen molar-refractivity contribution < 1.29 is 17.2 Å². The Morgan fingerprint density at radius 3 is 2.04 bits per heavy atom. The Labute approximate surface area is 150 Å². The average Bonchev–Trinajstić information content (AvgIpc) is 2.62. The first-order valence-corrected chi connectivity index (χ1v) is 9.28. The maximum Gasteiger partial charge on any atom is 0.261 e. The Morgan fingerprint density at radius 1 is 0.769 bits per heavy atom. The van der Waals surface area contributed by atoms with E-state index in [-0.39, 0.29) is 10.7 Å². The summed E-state index contributed by atoms with van der Waals surface area (Å²) in [6.07, 6.45) is 0. The molecule has 0 saturated heterocycles. The minimum atomic E-state index is -3.79. The van der Waals surface area contributed by atoms with E-state index in [2.05, 4.69) is 10.0 Å². The summed E-state index contributed by atoms with van der Waals surface area (Å²) in [5.74, 6) is -0.794. The smallest absolute Gasteiger partial charge is 0.261 e. The van der Waals surface area contributed by atoms with Gasteiger partial charge >= 0.3 is 0 Å². The summed E-state index contributed by atoms with van der Waals surface area (Å²) in [7, 11) is -3.79. The van der Waals surface area contributed by atoms with Gasteiger partial charge in [0.15, 0.2) is 0 Å². The van der Waals surface area contributed by atoms with E-state index < -0.39 is 15.8 Å². The number of benzene rings is 3. The van der Waals surface area contributed by atoms with Gasteiger partial charge in [-0.05, 0) is 54.6 Å². The third kappa shape index (κ3) is 4.37. The Kier molecular flexibility index (Phi) is 5.18. The fourth-order valence-electron chi connectivity index (χ4n) is 2.32. The van der Waals surface area contributed by atoms with Crippen LogP contribution >= 0.6 is 0 Å². The van der Waals surface area contributed by atoms with Gasteiger partial charge in [-0.1, -0.05) is 18.2 Å². The zero-order chi connectivity index (χ0) is 18.6. The lowest BCUT2D eigenvalue weighted by Gasteiger charge is -2.10. The van der Waals surface area contributed by atoms with Crippen LogP contribution < -0.4 is 10.0 Å². The topological polar surface area (TPSA) is 58.2 Å². The highest BCUT2D eigenvalue weighted by Crippen LogP contribution is 2.19. The van der Waals surface area contributed by atoms with Crippen molar-refractivity contribution in [3.05, 3.63) is 90.0 Å². The maximum atomic E-state index is 13.6. The van der Waals surface area contributed by atoms with Crippen LogP contribution in [-0.2, 0) is 16.6 Å². The molecule has 0 aromatic heterocycles. The Hall–Kier alpha value is -2.93. The highest BCUT2D eigenvalue weighted by molar-refractivity contribution is 7.92. The molecule has 134 valence electrons. The molecule has 0 spiro atoms. The molecule has 0 bridgehead atoms. The zero-order valence-electron chi connectivity index (χ0n) is 13.6. The molecule has 0 aliphatic carbocycles. The summed E-state index contributed by atoms with van der Waals surface area (Å²) < 4.78 is 53.4. The number of halogens is 2. The molecule has 3 rings (SSSR count). The molecular weight excluding hydrogens is 358 g/mol. The van der Waals surface area contributed by atoms with Crippen LogP contribution in [0.15, 0.2) is 77.7 Å². The molecule has 0 aliphatic heterocycles. The number of anilines is 2. The molecular formula is C19H16F2N2O2S. The van der Waals surface area contributed by atoms with Crippen LogP contribution in [0.3, 0.4) is 0 Å². The minimum Gasteiger partial charge on any atom is -0.381 e. The molecule has 0 radical (unpaired) electrons. The number of sulfonamides is 1. The third-order valence-corrected chi connectivity index (χ3v) is 5.10.